The second-order valence-corrected chi connectivity index (χ2v) is 13.5. The number of hydrogen-bond donors (Lipinski definition) is 0. The minimum Gasteiger partial charge on any atom is -0.455 e. The summed E-state index contributed by atoms with van der Waals surface area (Å²) in [6.07, 6.45) is 0. The molecule has 3 nitrogen and oxygen atoms in total. The highest BCUT2D eigenvalue weighted by Gasteiger charge is 2.23. The van der Waals surface area contributed by atoms with Crippen LogP contribution in [-0.2, 0) is 0 Å². The predicted molar refractivity (Wildman–Crippen MR) is 229 cm³/mol. The normalized spacial score (nSPS) is 13.4. The molecule has 3 heteroatoms. The van der Waals surface area contributed by atoms with Gasteiger partial charge in [0.25, 0.3) is 0 Å². The number of para-hydroxylation sites is 2. The SMILES string of the molecule is [2H]c1c([2H])c([2H])c2c(oc3c(-c4cc5c(oc6cccc(N(c7ccc(-c8ccccc8)cc7)c7ccc(-c8ccccc8)cc7)c65)c5ccccc45)c([2H])c([2H])c([2H])c32)c1[2H]. The zero-order valence-electron chi connectivity index (χ0n) is 36.3. The maximum atomic E-state index is 9.36. The lowest BCUT2D eigenvalue weighted by Crippen LogP contribution is -2.10. The zero-order valence-corrected chi connectivity index (χ0v) is 29.3. The average Bonchev–Trinajstić information content (AvgIpc) is 3.91. The van der Waals surface area contributed by atoms with Crippen molar-refractivity contribution in [1.82, 2.24) is 0 Å². The standard InChI is InChI=1S/C52H33NO2/c1-3-13-34(14-4-1)36-25-29-38(30-26-36)53(39-31-27-37(28-32-39)35-15-5-2-6-16-35)47-22-12-24-49-50(47)46-33-45(40-17-7-8-19-42(40)52(46)55-49)44-21-11-20-43-41-18-9-10-23-48(41)54-51(43)44/h1-33H/i9D,10D,11D,18D,20D,21D,23D. The Morgan fingerprint density at radius 3 is 1.65 bits per heavy atom. The molecule has 11 aromatic rings. The van der Waals surface area contributed by atoms with Gasteiger partial charge in [-0.2, -0.15) is 0 Å². The van der Waals surface area contributed by atoms with Crippen molar-refractivity contribution in [1.29, 1.82) is 0 Å². The molecule has 9 aromatic carbocycles. The molecule has 2 heterocycles. The Morgan fingerprint density at radius 2 is 0.964 bits per heavy atom. The fourth-order valence-corrected chi connectivity index (χ4v) is 7.84. The molecule has 0 N–H and O–H groups in total. The Balaban J connectivity index is 1.20. The molecule has 55 heavy (non-hydrogen) atoms. The predicted octanol–water partition coefficient (Wildman–Crippen LogP) is 15.1. The van der Waals surface area contributed by atoms with E-state index < -0.39 is 12.1 Å². The molecule has 0 unspecified atom stereocenters. The molecular formula is C52H33NO2. The summed E-state index contributed by atoms with van der Waals surface area (Å²) in [4.78, 5) is 2.21. The zero-order chi connectivity index (χ0) is 42.4. The molecule has 0 atom stereocenters. The number of furan rings is 2. The number of anilines is 3. The molecule has 2 aromatic heterocycles. The van der Waals surface area contributed by atoms with Crippen molar-refractivity contribution in [3.8, 4) is 33.4 Å². The first-order chi connectivity index (χ1) is 30.2. The monoisotopic (exact) mass is 710 g/mol. The van der Waals surface area contributed by atoms with E-state index in [1.165, 1.54) is 0 Å². The van der Waals surface area contributed by atoms with Crippen LogP contribution < -0.4 is 4.90 Å². The quantitative estimate of drug-likeness (QED) is 0.172. The summed E-state index contributed by atoms with van der Waals surface area (Å²) in [6.45, 7) is 0. The lowest BCUT2D eigenvalue weighted by molar-refractivity contribution is 0.670. The van der Waals surface area contributed by atoms with Gasteiger partial charge in [-0.3, -0.25) is 0 Å². The number of benzene rings is 9. The molecule has 0 bridgehead atoms. The van der Waals surface area contributed by atoms with E-state index >= 15 is 0 Å². The fraction of sp³-hybridized carbons (Fsp3) is 0. The Labute approximate surface area is 327 Å². The molecule has 0 fully saturated rings. The van der Waals surface area contributed by atoms with Gasteiger partial charge < -0.3 is 13.7 Å². The van der Waals surface area contributed by atoms with E-state index in [1.807, 2.05) is 78.9 Å². The topological polar surface area (TPSA) is 29.5 Å². The highest BCUT2D eigenvalue weighted by atomic mass is 16.3. The fourth-order valence-electron chi connectivity index (χ4n) is 7.84. The molecule has 0 saturated heterocycles. The van der Waals surface area contributed by atoms with Crippen LogP contribution in [-0.4, -0.2) is 0 Å². The van der Waals surface area contributed by atoms with Crippen molar-refractivity contribution in [3.63, 3.8) is 0 Å². The van der Waals surface area contributed by atoms with Gasteiger partial charge in [0.1, 0.15) is 22.3 Å². The number of nitrogens with zero attached hydrogens (tertiary/aromatic N) is 1. The van der Waals surface area contributed by atoms with Crippen molar-refractivity contribution < 1.29 is 18.4 Å². The third-order valence-electron chi connectivity index (χ3n) is 10.4. The van der Waals surface area contributed by atoms with Gasteiger partial charge in [0.15, 0.2) is 0 Å². The van der Waals surface area contributed by atoms with Crippen LogP contribution >= 0.6 is 0 Å². The Kier molecular flexibility index (Phi) is 5.70. The van der Waals surface area contributed by atoms with E-state index in [-0.39, 0.29) is 57.7 Å². The van der Waals surface area contributed by atoms with E-state index in [0.717, 1.165) is 55.5 Å². The van der Waals surface area contributed by atoms with Crippen LogP contribution in [0, 0.1) is 0 Å². The van der Waals surface area contributed by atoms with Crippen molar-refractivity contribution in [2.75, 3.05) is 4.90 Å². The first kappa shape index (κ1) is 24.8. The minimum atomic E-state index is -0.468. The van der Waals surface area contributed by atoms with Crippen molar-refractivity contribution >= 4 is 71.7 Å². The summed E-state index contributed by atoms with van der Waals surface area (Å²) >= 11 is 0. The second-order valence-electron chi connectivity index (χ2n) is 13.5. The maximum Gasteiger partial charge on any atom is 0.143 e. The minimum absolute atomic E-state index is 0.0133. The van der Waals surface area contributed by atoms with Crippen LogP contribution in [0.3, 0.4) is 0 Å². The Hall–Kier alpha value is -7.36. The summed E-state index contributed by atoms with van der Waals surface area (Å²) in [6, 6.07) is 50.4. The summed E-state index contributed by atoms with van der Waals surface area (Å²) in [5.74, 6) is 0. The van der Waals surface area contributed by atoms with E-state index in [9.17, 15) is 1.37 Å². The van der Waals surface area contributed by atoms with Crippen LogP contribution in [0.25, 0.3) is 88.0 Å². The third-order valence-corrected chi connectivity index (χ3v) is 10.4. The van der Waals surface area contributed by atoms with E-state index in [4.69, 9.17) is 17.1 Å². The summed E-state index contributed by atoms with van der Waals surface area (Å²) in [5, 5.41) is 3.09. The molecule has 0 spiro atoms. The molecular weight excluding hydrogens is 671 g/mol. The molecule has 0 aliphatic carbocycles. The van der Waals surface area contributed by atoms with Gasteiger partial charge >= 0.3 is 0 Å². The lowest BCUT2D eigenvalue weighted by atomic mass is 9.94. The number of hydrogen-bond acceptors (Lipinski definition) is 3. The van der Waals surface area contributed by atoms with Crippen LogP contribution in [0.1, 0.15) is 9.60 Å². The largest absolute Gasteiger partial charge is 0.455 e. The van der Waals surface area contributed by atoms with Gasteiger partial charge in [0, 0.05) is 38.5 Å². The number of fused-ring (bicyclic) bond motifs is 8. The average molecular weight is 711 g/mol. The molecule has 258 valence electrons. The van der Waals surface area contributed by atoms with Crippen molar-refractivity contribution in [2.45, 2.75) is 0 Å². The highest BCUT2D eigenvalue weighted by Crippen LogP contribution is 2.48. The maximum absolute atomic E-state index is 9.36. The molecule has 0 aliphatic rings. The molecule has 0 aliphatic heterocycles. The second kappa shape index (κ2) is 12.6. The van der Waals surface area contributed by atoms with Gasteiger partial charge in [-0.25, -0.2) is 0 Å². The first-order valence-electron chi connectivity index (χ1n) is 21.6. The molecule has 0 saturated carbocycles. The smallest absolute Gasteiger partial charge is 0.143 e. The van der Waals surface area contributed by atoms with E-state index in [2.05, 4.69) is 83.8 Å². The van der Waals surface area contributed by atoms with E-state index in [0.29, 0.717) is 22.1 Å². The van der Waals surface area contributed by atoms with E-state index in [1.54, 1.807) is 0 Å². The highest BCUT2D eigenvalue weighted by molar-refractivity contribution is 6.24. The van der Waals surface area contributed by atoms with Gasteiger partial charge in [0.2, 0.25) is 0 Å². The van der Waals surface area contributed by atoms with Gasteiger partial charge in [-0.05, 0) is 81.7 Å². The Bertz CT molecular complexity index is 3500. The first-order valence-corrected chi connectivity index (χ1v) is 18.1. The summed E-state index contributed by atoms with van der Waals surface area (Å²) in [5.41, 5.74) is 9.00. The van der Waals surface area contributed by atoms with Gasteiger partial charge in [0.05, 0.1) is 20.7 Å². The van der Waals surface area contributed by atoms with Crippen LogP contribution in [0.4, 0.5) is 17.1 Å². The third kappa shape index (κ3) is 5.13. The van der Waals surface area contributed by atoms with Crippen molar-refractivity contribution in [3.05, 3.63) is 200 Å². The molecule has 11 rings (SSSR count). The summed E-state index contributed by atoms with van der Waals surface area (Å²) < 4.78 is 74.7. The molecule has 0 amide bonds. The van der Waals surface area contributed by atoms with Crippen LogP contribution in [0.15, 0.2) is 209 Å². The van der Waals surface area contributed by atoms with Crippen LogP contribution in [0.5, 0.6) is 0 Å². The Morgan fingerprint density at radius 1 is 0.382 bits per heavy atom. The summed E-state index contributed by atoms with van der Waals surface area (Å²) in [7, 11) is 0. The molecule has 0 radical (unpaired) electrons. The van der Waals surface area contributed by atoms with Gasteiger partial charge in [-0.1, -0.05) is 152 Å². The lowest BCUT2D eigenvalue weighted by Gasteiger charge is -2.26. The van der Waals surface area contributed by atoms with Gasteiger partial charge in [-0.15, -0.1) is 0 Å². The van der Waals surface area contributed by atoms with Crippen LogP contribution in [0.2, 0.25) is 0 Å². The number of rotatable bonds is 6. The van der Waals surface area contributed by atoms with Crippen molar-refractivity contribution in [2.24, 2.45) is 0 Å².